The van der Waals surface area contributed by atoms with E-state index in [9.17, 15) is 18.0 Å². The van der Waals surface area contributed by atoms with E-state index in [2.05, 4.69) is 27.0 Å². The maximum Gasteiger partial charge on any atom is 0.418 e. The van der Waals surface area contributed by atoms with E-state index in [-0.39, 0.29) is 17.5 Å². The minimum absolute atomic E-state index is 0.0203. The number of halogens is 3. The van der Waals surface area contributed by atoms with Gasteiger partial charge in [-0.05, 0) is 49.6 Å². The van der Waals surface area contributed by atoms with Gasteiger partial charge in [-0.15, -0.1) is 0 Å². The molecule has 4 rings (SSSR count). The molecule has 0 radical (unpaired) electrons. The predicted molar refractivity (Wildman–Crippen MR) is 110 cm³/mol. The van der Waals surface area contributed by atoms with E-state index in [4.69, 9.17) is 0 Å². The van der Waals surface area contributed by atoms with Gasteiger partial charge >= 0.3 is 6.18 Å². The first-order valence-electron chi connectivity index (χ1n) is 10.4. The van der Waals surface area contributed by atoms with Crippen molar-refractivity contribution in [1.82, 2.24) is 15.2 Å². The SMILES string of the molecule is C[C@H]1C[C@@H](NC(=O)CC2CN(C)C2)CN(c2ccc(C(F)(F)F)c3ncccc23)C1. The number of likely N-dealkylation sites (tertiary alicyclic amines) is 1. The molecule has 8 heteroatoms. The zero-order valence-electron chi connectivity index (χ0n) is 17.2. The number of piperidine rings is 1. The van der Waals surface area contributed by atoms with E-state index >= 15 is 0 Å². The number of anilines is 1. The second kappa shape index (κ2) is 8.06. The molecule has 2 atom stereocenters. The number of benzene rings is 1. The van der Waals surface area contributed by atoms with Gasteiger partial charge in [0.1, 0.15) is 0 Å². The summed E-state index contributed by atoms with van der Waals surface area (Å²) in [5.41, 5.74) is -0.0184. The number of hydrogen-bond donors (Lipinski definition) is 1. The van der Waals surface area contributed by atoms with Crippen LogP contribution in [-0.2, 0) is 11.0 Å². The highest BCUT2D eigenvalue weighted by molar-refractivity contribution is 5.94. The van der Waals surface area contributed by atoms with Gasteiger partial charge in [-0.1, -0.05) is 6.92 Å². The summed E-state index contributed by atoms with van der Waals surface area (Å²) < 4.78 is 40.3. The summed E-state index contributed by atoms with van der Waals surface area (Å²) in [5, 5.41) is 3.64. The van der Waals surface area contributed by atoms with E-state index in [0.29, 0.717) is 30.2 Å². The molecule has 2 aliphatic heterocycles. The Morgan fingerprint density at radius 1 is 1.20 bits per heavy atom. The van der Waals surface area contributed by atoms with Gasteiger partial charge in [-0.3, -0.25) is 9.78 Å². The Balaban J connectivity index is 1.53. The molecule has 2 saturated heterocycles. The second-order valence-electron chi connectivity index (χ2n) is 8.83. The highest BCUT2D eigenvalue weighted by Gasteiger charge is 2.35. The first kappa shape index (κ1) is 20.9. The lowest BCUT2D eigenvalue weighted by molar-refractivity contribution is -0.136. The molecule has 0 spiro atoms. The molecule has 1 aromatic carbocycles. The van der Waals surface area contributed by atoms with E-state index < -0.39 is 11.7 Å². The van der Waals surface area contributed by atoms with Crippen LogP contribution in [0.1, 0.15) is 25.3 Å². The number of carbonyl (C=O) groups is 1. The van der Waals surface area contributed by atoms with Gasteiger partial charge in [0, 0.05) is 55.9 Å². The molecule has 2 aromatic rings. The molecule has 30 heavy (non-hydrogen) atoms. The van der Waals surface area contributed by atoms with Gasteiger partial charge in [0.2, 0.25) is 5.91 Å². The molecule has 2 aliphatic rings. The van der Waals surface area contributed by atoms with Gasteiger partial charge in [0.15, 0.2) is 0 Å². The van der Waals surface area contributed by atoms with Crippen molar-refractivity contribution in [2.24, 2.45) is 11.8 Å². The van der Waals surface area contributed by atoms with Crippen molar-refractivity contribution in [3.05, 3.63) is 36.0 Å². The Morgan fingerprint density at radius 2 is 1.97 bits per heavy atom. The molecule has 3 heterocycles. The fourth-order valence-electron chi connectivity index (χ4n) is 4.82. The average molecular weight is 420 g/mol. The lowest BCUT2D eigenvalue weighted by Gasteiger charge is -2.40. The van der Waals surface area contributed by atoms with Gasteiger partial charge in [0.05, 0.1) is 11.1 Å². The summed E-state index contributed by atoms with van der Waals surface area (Å²) >= 11 is 0. The number of nitrogens with one attached hydrogen (secondary N) is 1. The zero-order valence-corrected chi connectivity index (χ0v) is 17.2. The van der Waals surface area contributed by atoms with Gasteiger partial charge < -0.3 is 15.1 Å². The fourth-order valence-corrected chi connectivity index (χ4v) is 4.82. The van der Waals surface area contributed by atoms with Gasteiger partial charge in [0.25, 0.3) is 0 Å². The Hall–Kier alpha value is -2.35. The lowest BCUT2D eigenvalue weighted by Crippen LogP contribution is -2.52. The van der Waals surface area contributed by atoms with Crippen LogP contribution in [0.15, 0.2) is 30.5 Å². The van der Waals surface area contributed by atoms with Crippen LogP contribution >= 0.6 is 0 Å². The Kier molecular flexibility index (Phi) is 5.61. The summed E-state index contributed by atoms with van der Waals surface area (Å²) in [5.74, 6) is 0.788. The molecule has 0 bridgehead atoms. The normalized spacial score (nSPS) is 23.4. The molecule has 1 aromatic heterocycles. The average Bonchev–Trinajstić information content (AvgIpc) is 2.64. The summed E-state index contributed by atoms with van der Waals surface area (Å²) in [4.78, 5) is 20.7. The van der Waals surface area contributed by atoms with Crippen LogP contribution in [0, 0.1) is 11.8 Å². The fraction of sp³-hybridized carbons (Fsp3) is 0.545. The van der Waals surface area contributed by atoms with E-state index in [0.717, 1.165) is 37.8 Å². The van der Waals surface area contributed by atoms with Crippen LogP contribution < -0.4 is 10.2 Å². The first-order chi connectivity index (χ1) is 14.2. The predicted octanol–water partition coefficient (Wildman–Crippen LogP) is 3.54. The molecule has 2 fully saturated rings. The minimum atomic E-state index is -4.45. The third-order valence-electron chi connectivity index (χ3n) is 6.03. The van der Waals surface area contributed by atoms with Crippen molar-refractivity contribution in [3.8, 4) is 0 Å². The number of pyridine rings is 1. The smallest absolute Gasteiger partial charge is 0.369 e. The molecule has 1 N–H and O–H groups in total. The van der Waals surface area contributed by atoms with Crippen molar-refractivity contribution in [2.75, 3.05) is 38.1 Å². The number of nitrogens with zero attached hydrogens (tertiary/aromatic N) is 3. The second-order valence-corrected chi connectivity index (χ2v) is 8.83. The topological polar surface area (TPSA) is 48.5 Å². The summed E-state index contributed by atoms with van der Waals surface area (Å²) in [6.45, 7) is 5.32. The maximum absolute atomic E-state index is 13.4. The van der Waals surface area contributed by atoms with E-state index in [1.807, 2.05) is 7.05 Å². The number of alkyl halides is 3. The number of aromatic nitrogens is 1. The number of hydrogen-bond acceptors (Lipinski definition) is 4. The summed E-state index contributed by atoms with van der Waals surface area (Å²) in [7, 11) is 2.04. The molecule has 162 valence electrons. The van der Waals surface area contributed by atoms with Crippen molar-refractivity contribution < 1.29 is 18.0 Å². The van der Waals surface area contributed by atoms with Crippen molar-refractivity contribution in [1.29, 1.82) is 0 Å². The highest BCUT2D eigenvalue weighted by Crippen LogP contribution is 2.38. The molecule has 5 nitrogen and oxygen atoms in total. The van der Waals surface area contributed by atoms with E-state index in [1.165, 1.54) is 12.3 Å². The van der Waals surface area contributed by atoms with Crippen LogP contribution in [0.3, 0.4) is 0 Å². The largest absolute Gasteiger partial charge is 0.418 e. The van der Waals surface area contributed by atoms with Crippen LogP contribution in [-0.4, -0.2) is 55.1 Å². The quantitative estimate of drug-likeness (QED) is 0.822. The Bertz CT molecular complexity index is 926. The van der Waals surface area contributed by atoms with Crippen molar-refractivity contribution in [2.45, 2.75) is 32.0 Å². The molecule has 0 saturated carbocycles. The lowest BCUT2D eigenvalue weighted by atomic mass is 9.93. The molecule has 1 amide bonds. The molecular weight excluding hydrogens is 393 g/mol. The first-order valence-corrected chi connectivity index (χ1v) is 10.4. The maximum atomic E-state index is 13.4. The van der Waals surface area contributed by atoms with Crippen LogP contribution in [0.25, 0.3) is 10.9 Å². The van der Waals surface area contributed by atoms with Gasteiger partial charge in [-0.25, -0.2) is 0 Å². The van der Waals surface area contributed by atoms with E-state index in [1.54, 1.807) is 12.1 Å². The number of fused-ring (bicyclic) bond motifs is 1. The summed E-state index contributed by atoms with van der Waals surface area (Å²) in [6.07, 6.45) is -1.67. The number of carbonyl (C=O) groups excluding carboxylic acids is 1. The minimum Gasteiger partial charge on any atom is -0.369 e. The number of rotatable bonds is 4. The van der Waals surface area contributed by atoms with Crippen LogP contribution in [0.4, 0.5) is 18.9 Å². The van der Waals surface area contributed by atoms with Crippen molar-refractivity contribution >= 4 is 22.5 Å². The van der Waals surface area contributed by atoms with Gasteiger partial charge in [-0.2, -0.15) is 13.2 Å². The van der Waals surface area contributed by atoms with Crippen LogP contribution in [0.2, 0.25) is 0 Å². The molecule has 0 aliphatic carbocycles. The molecular formula is C22H27F3N4O. The number of amides is 1. The monoisotopic (exact) mass is 420 g/mol. The third kappa shape index (κ3) is 4.38. The zero-order chi connectivity index (χ0) is 21.5. The third-order valence-corrected chi connectivity index (χ3v) is 6.03. The Labute approximate surface area is 174 Å². The Morgan fingerprint density at radius 3 is 2.67 bits per heavy atom. The van der Waals surface area contributed by atoms with Crippen molar-refractivity contribution in [3.63, 3.8) is 0 Å². The molecule has 0 unspecified atom stereocenters. The highest BCUT2D eigenvalue weighted by atomic mass is 19.4. The van der Waals surface area contributed by atoms with Crippen LogP contribution in [0.5, 0.6) is 0 Å². The summed E-state index contributed by atoms with van der Waals surface area (Å²) in [6, 6.07) is 5.98. The standard InChI is InChI=1S/C22H27F3N4O/c1-14-8-16(27-20(30)9-15-11-28(2)12-15)13-29(10-14)19-6-5-18(22(23,24)25)21-17(19)4-3-7-26-21/h3-7,14-16H,8-13H2,1-2H3,(H,27,30)/t14-,16+/m0/s1.